The zero-order valence-electron chi connectivity index (χ0n) is 30.8. The predicted octanol–water partition coefficient (Wildman–Crippen LogP) is 10.5. The molecule has 2 heterocycles. The third-order valence-corrected chi connectivity index (χ3v) is 10.3. The molecule has 3 aliphatic rings. The zero-order valence-corrected chi connectivity index (χ0v) is 31.5. The maximum atomic E-state index is 13.3. The molecule has 0 aromatic heterocycles. The van der Waals surface area contributed by atoms with Crippen molar-refractivity contribution in [3.63, 3.8) is 0 Å². The molecule has 2 aliphatic heterocycles. The van der Waals surface area contributed by atoms with Gasteiger partial charge < -0.3 is 19.9 Å². The Balaban J connectivity index is 0.000000291. The molecule has 7 nitrogen and oxygen atoms in total. The summed E-state index contributed by atoms with van der Waals surface area (Å²) >= 11 is 6.02. The molecule has 0 spiro atoms. The number of benzene rings is 3. The molecule has 0 bridgehead atoms. The molecule has 17 heteroatoms. The van der Waals surface area contributed by atoms with Crippen molar-refractivity contribution in [2.45, 2.75) is 76.3 Å². The van der Waals surface area contributed by atoms with Crippen LogP contribution in [0, 0.1) is 11.8 Å². The lowest BCUT2D eigenvalue weighted by atomic mass is 9.62. The monoisotopic (exact) mass is 854 g/mol. The molecule has 6 rings (SSSR count). The fourth-order valence-corrected chi connectivity index (χ4v) is 6.91. The number of hydrogen-bond acceptors (Lipinski definition) is 6. The quantitative estimate of drug-likeness (QED) is 0.196. The number of carbonyl (C=O) groups excluding carboxylic acids is 1. The van der Waals surface area contributed by atoms with E-state index in [1.807, 2.05) is 24.3 Å². The number of hydrogen-bond donors (Lipinski definition) is 2. The van der Waals surface area contributed by atoms with Gasteiger partial charge in [-0.15, -0.1) is 0 Å². The zero-order chi connectivity index (χ0) is 41.9. The minimum absolute atomic E-state index is 0. The van der Waals surface area contributed by atoms with Gasteiger partial charge in [0.15, 0.2) is 5.78 Å². The fraction of sp³-hybridized carbons (Fsp3) is 0.512. The number of piperidine rings is 2. The average molecular weight is 855 g/mol. The summed E-state index contributed by atoms with van der Waals surface area (Å²) in [5, 5.41) is 11.1. The van der Waals surface area contributed by atoms with Gasteiger partial charge in [0.2, 0.25) is 0 Å². The van der Waals surface area contributed by atoms with Gasteiger partial charge in [0.1, 0.15) is 11.5 Å². The van der Waals surface area contributed by atoms with Crippen LogP contribution in [0.15, 0.2) is 72.8 Å². The second-order valence-electron chi connectivity index (χ2n) is 14.3. The van der Waals surface area contributed by atoms with E-state index >= 15 is 0 Å². The van der Waals surface area contributed by atoms with Crippen LogP contribution in [0.1, 0.15) is 69.1 Å². The number of carboxylic acids is 1. The van der Waals surface area contributed by atoms with Gasteiger partial charge in [-0.05, 0) is 118 Å². The van der Waals surface area contributed by atoms with E-state index in [0.717, 1.165) is 101 Å². The van der Waals surface area contributed by atoms with E-state index in [9.17, 15) is 44.3 Å². The predicted molar refractivity (Wildman–Crippen MR) is 201 cm³/mol. The standard InChI is InChI=1S/C25H27ClF3NO2.C13H16F3NO.C2HF3O2.CH4/c26-21-8-4-19(5-9-21)24(12-2-13-24)23(31)16-30-14-1-3-18(15-30)17-32-22-10-6-20(7-11-22)25(27,28)29;14-13(15,16)11-3-5-12(6-4-11)18-9-10-2-1-7-17-8-10;3-2(4,5)1(6)7;/h4-11,18H,1-3,12-17H2;3-6,10,17H,1-2,7-9H2;(H,6,7);1H4. The van der Waals surface area contributed by atoms with Gasteiger partial charge >= 0.3 is 24.5 Å². The lowest BCUT2D eigenvalue weighted by Crippen LogP contribution is -2.49. The molecule has 2 saturated heterocycles. The largest absolute Gasteiger partial charge is 0.493 e. The van der Waals surface area contributed by atoms with Gasteiger partial charge in [0.05, 0.1) is 36.3 Å². The molecule has 1 saturated carbocycles. The maximum Gasteiger partial charge on any atom is 0.490 e. The van der Waals surface area contributed by atoms with E-state index < -0.39 is 41.0 Å². The molecule has 0 radical (unpaired) electrons. The van der Waals surface area contributed by atoms with Crippen molar-refractivity contribution in [1.29, 1.82) is 0 Å². The second-order valence-corrected chi connectivity index (χ2v) is 14.7. The average Bonchev–Trinajstić information content (AvgIpc) is 3.14. The van der Waals surface area contributed by atoms with Crippen molar-refractivity contribution in [1.82, 2.24) is 10.2 Å². The molecule has 0 amide bonds. The number of nitrogens with one attached hydrogen (secondary N) is 1. The van der Waals surface area contributed by atoms with Gasteiger partial charge in [-0.3, -0.25) is 9.69 Å². The van der Waals surface area contributed by atoms with Gasteiger partial charge in [-0.2, -0.15) is 39.5 Å². The third kappa shape index (κ3) is 14.7. The number of nitrogens with zero attached hydrogens (tertiary/aromatic N) is 1. The highest BCUT2D eigenvalue weighted by Crippen LogP contribution is 2.45. The van der Waals surface area contributed by atoms with Crippen molar-refractivity contribution >= 4 is 23.4 Å². The molecule has 322 valence electrons. The first-order valence-corrected chi connectivity index (χ1v) is 18.8. The number of rotatable bonds is 10. The smallest absolute Gasteiger partial charge is 0.490 e. The summed E-state index contributed by atoms with van der Waals surface area (Å²) in [7, 11) is 0. The Morgan fingerprint density at radius 2 is 1.22 bits per heavy atom. The molecule has 58 heavy (non-hydrogen) atoms. The summed E-state index contributed by atoms with van der Waals surface area (Å²) in [6.07, 6.45) is -6.73. The number of halogens is 10. The Morgan fingerprint density at radius 3 is 1.64 bits per heavy atom. The minimum atomic E-state index is -5.08. The van der Waals surface area contributed by atoms with E-state index in [4.69, 9.17) is 31.0 Å². The van der Waals surface area contributed by atoms with E-state index in [-0.39, 0.29) is 19.1 Å². The van der Waals surface area contributed by atoms with Crippen LogP contribution in [-0.4, -0.2) is 73.9 Å². The van der Waals surface area contributed by atoms with E-state index in [0.29, 0.717) is 42.2 Å². The van der Waals surface area contributed by atoms with Gasteiger partial charge in [-0.25, -0.2) is 4.79 Å². The molecule has 3 aromatic carbocycles. The van der Waals surface area contributed by atoms with E-state index in [1.165, 1.54) is 24.3 Å². The normalized spacial score (nSPS) is 19.4. The van der Waals surface area contributed by atoms with Crippen molar-refractivity contribution in [2.75, 3.05) is 45.9 Å². The number of carbonyl (C=O) groups is 2. The van der Waals surface area contributed by atoms with Crippen LogP contribution in [0.4, 0.5) is 39.5 Å². The summed E-state index contributed by atoms with van der Waals surface area (Å²) < 4.78 is 118. The summed E-state index contributed by atoms with van der Waals surface area (Å²) in [5.74, 6) is -0.883. The summed E-state index contributed by atoms with van der Waals surface area (Å²) in [4.78, 5) is 24.4. The summed E-state index contributed by atoms with van der Waals surface area (Å²) in [6.45, 7) is 4.98. The number of ether oxygens (including phenoxy) is 2. The topological polar surface area (TPSA) is 88.1 Å². The van der Waals surface area contributed by atoms with E-state index in [2.05, 4.69) is 10.2 Å². The fourth-order valence-electron chi connectivity index (χ4n) is 6.79. The summed E-state index contributed by atoms with van der Waals surface area (Å²) in [6, 6.07) is 17.3. The lowest BCUT2D eigenvalue weighted by molar-refractivity contribution is -0.192. The SMILES string of the molecule is C.FC(F)(F)c1ccc(OCC2CCCNC2)cc1.O=C(CN1CCCC(COc2ccc(C(F)(F)F)cc2)C1)C1(c2ccc(Cl)cc2)CCC1.O=C(O)C(F)(F)F. The molecular formula is C41H48ClF9N2O5. The first-order valence-electron chi connectivity index (χ1n) is 18.4. The minimum Gasteiger partial charge on any atom is -0.493 e. The Bertz CT molecular complexity index is 1710. The summed E-state index contributed by atoms with van der Waals surface area (Å²) in [5.41, 5.74) is -0.668. The van der Waals surface area contributed by atoms with Crippen molar-refractivity contribution in [3.8, 4) is 11.5 Å². The van der Waals surface area contributed by atoms with Crippen LogP contribution >= 0.6 is 11.6 Å². The van der Waals surface area contributed by atoms with Gasteiger partial charge in [-0.1, -0.05) is 37.6 Å². The Hall–Kier alpha value is -4.02. The van der Waals surface area contributed by atoms with Crippen LogP contribution in [0.25, 0.3) is 0 Å². The number of aliphatic carboxylic acids is 1. The highest BCUT2D eigenvalue weighted by atomic mass is 35.5. The number of alkyl halides is 9. The first kappa shape index (κ1) is 48.3. The molecule has 1 aliphatic carbocycles. The molecule has 3 fully saturated rings. The van der Waals surface area contributed by atoms with Gasteiger partial charge in [0, 0.05) is 29.9 Å². The molecule has 3 aromatic rings. The van der Waals surface area contributed by atoms with Crippen LogP contribution in [-0.2, 0) is 27.4 Å². The van der Waals surface area contributed by atoms with E-state index in [1.54, 1.807) is 0 Å². The number of ketones is 1. The van der Waals surface area contributed by atoms with Crippen molar-refractivity contribution < 1.29 is 63.7 Å². The first-order chi connectivity index (χ1) is 26.8. The third-order valence-electron chi connectivity index (χ3n) is 10.1. The highest BCUT2D eigenvalue weighted by Gasteiger charge is 2.45. The number of Topliss-reactive ketones (excluding diaryl/α,β-unsaturated/α-hetero) is 1. The molecule has 2 unspecified atom stereocenters. The Morgan fingerprint density at radius 1 is 0.741 bits per heavy atom. The number of carboxylic acid groups (broad SMARTS) is 1. The maximum absolute atomic E-state index is 13.3. The van der Waals surface area contributed by atoms with Crippen molar-refractivity contribution in [2.24, 2.45) is 11.8 Å². The van der Waals surface area contributed by atoms with Gasteiger partial charge in [0.25, 0.3) is 0 Å². The van der Waals surface area contributed by atoms with Crippen LogP contribution in [0.3, 0.4) is 0 Å². The molecular weight excluding hydrogens is 807 g/mol. The second kappa shape index (κ2) is 21.3. The van der Waals surface area contributed by atoms with Crippen LogP contribution in [0.2, 0.25) is 5.02 Å². The van der Waals surface area contributed by atoms with Crippen LogP contribution < -0.4 is 14.8 Å². The molecule has 2 atom stereocenters. The number of likely N-dealkylation sites (tertiary alicyclic amines) is 1. The molecule has 2 N–H and O–H groups in total. The highest BCUT2D eigenvalue weighted by molar-refractivity contribution is 6.30. The lowest BCUT2D eigenvalue weighted by Gasteiger charge is -2.43. The van der Waals surface area contributed by atoms with Crippen LogP contribution in [0.5, 0.6) is 11.5 Å². The Labute approximate surface area is 336 Å². The Kier molecular flexibility index (Phi) is 17.8. The van der Waals surface area contributed by atoms with Crippen molar-refractivity contribution in [3.05, 3.63) is 94.5 Å².